The number of nitrogens with one attached hydrogen (secondary N) is 7. The van der Waals surface area contributed by atoms with Gasteiger partial charge in [-0.2, -0.15) is 0 Å². The van der Waals surface area contributed by atoms with Gasteiger partial charge in [-0.25, -0.2) is 4.79 Å². The zero-order valence-corrected chi connectivity index (χ0v) is 61.6. The first-order valence-corrected chi connectivity index (χ1v) is 36.4. The highest BCUT2D eigenvalue weighted by atomic mass is 35.5. The molecule has 0 aromatic heterocycles. The standard InChI is InChI=1S/C74H84Cl2N12O22/c1-28(2)13-43(88(6)73(105)110-74(3,4)5)66(99)85-57-59(93)32-8-11-46(40(75)20-32)106-48-22-36-23-49(64(48)109-72-63(97)62(96)61(95)50(108-72)27-79-87-78)107-47-12-9-33(21-41(47)76)60(94)58-71(104)84-56(69(102)81-53-34-15-29-14-30(17-34)18-35(53)16-29)39-24-37(89)25-45(91)52(39)38-19-31(7-10-44(38)90)54(67(100)86-58)83-68(101)55(36)82-65(98)42(26-51(77)92)80-70(57)103/h7-12,19-25,28-30,34-35,42-43,50,53-63,72,89-91,93-97H,13-18,26-27H2,1-6H3,(H2,77,92)(H,80,103)(H,81,102)(H,82,98)(H,83,101)(H,84,104)(H,85,99)(H,86,100)/t29?,30?,34?,35?,42-,43+,50-,53?,54+,55+,56-,57+,58-,59+,60+,61-,62+,63-,72+/m0/s1. The van der Waals surface area contributed by atoms with E-state index in [4.69, 9.17) is 52.6 Å². The van der Waals surface area contributed by atoms with E-state index in [1.807, 2.05) is 0 Å². The van der Waals surface area contributed by atoms with Crippen LogP contribution in [0.3, 0.4) is 0 Å². The monoisotopic (exact) mass is 1560 g/mol. The van der Waals surface area contributed by atoms with Gasteiger partial charge in [0, 0.05) is 35.2 Å². The summed E-state index contributed by atoms with van der Waals surface area (Å²) in [6.07, 6.45) is -12.0. The number of primary amides is 1. The average molecular weight is 1560 g/mol. The Balaban J connectivity index is 1.05. The van der Waals surface area contributed by atoms with Gasteiger partial charge in [0.25, 0.3) is 0 Å². The van der Waals surface area contributed by atoms with Gasteiger partial charge in [0.2, 0.25) is 59.3 Å². The first-order chi connectivity index (χ1) is 52.0. The van der Waals surface area contributed by atoms with E-state index in [9.17, 15) is 60.8 Å². The number of carbonyl (C=O) groups excluding carboxylic acids is 9. The summed E-state index contributed by atoms with van der Waals surface area (Å²) in [5.41, 5.74) is 11.8. The van der Waals surface area contributed by atoms with E-state index >= 15 is 28.8 Å². The van der Waals surface area contributed by atoms with Crippen molar-refractivity contribution in [2.24, 2.45) is 40.4 Å². The maximum Gasteiger partial charge on any atom is 0.410 e. The molecule has 34 nitrogen and oxygen atoms in total. The quantitative estimate of drug-likeness (QED) is 0.0432. The number of hydrogen-bond donors (Lipinski definition) is 16. The van der Waals surface area contributed by atoms with Crippen molar-refractivity contribution in [3.63, 3.8) is 0 Å². The molecular formula is C74H84Cl2N12O22. The van der Waals surface area contributed by atoms with Crippen molar-refractivity contribution in [1.82, 2.24) is 42.1 Å². The Labute approximate surface area is 638 Å². The van der Waals surface area contributed by atoms with Crippen LogP contribution in [0.1, 0.15) is 138 Å². The number of amides is 9. The molecule has 0 unspecified atom stereocenters. The van der Waals surface area contributed by atoms with Crippen LogP contribution in [0, 0.1) is 29.6 Å². The topological polar surface area (TPSA) is 524 Å². The van der Waals surface area contributed by atoms with Gasteiger partial charge in [-0.1, -0.05) is 60.4 Å². The number of aliphatic hydroxyl groups excluding tert-OH is 5. The molecule has 586 valence electrons. The number of aliphatic hydroxyl groups is 5. The summed E-state index contributed by atoms with van der Waals surface area (Å²) in [6, 6.07) is -0.621. The van der Waals surface area contributed by atoms with Crippen LogP contribution in [0.5, 0.6) is 46.0 Å². The highest BCUT2D eigenvalue weighted by molar-refractivity contribution is 6.32. The minimum absolute atomic E-state index is 0.0538. The third kappa shape index (κ3) is 16.7. The third-order valence-corrected chi connectivity index (χ3v) is 21.5. The molecule has 5 aromatic carbocycles. The van der Waals surface area contributed by atoms with E-state index < -0.39 is 207 Å². The summed E-state index contributed by atoms with van der Waals surface area (Å²) >= 11 is 14.2. The normalized spacial score (nSPS) is 28.7. The van der Waals surface area contributed by atoms with Crippen molar-refractivity contribution in [2.75, 3.05) is 13.6 Å². The van der Waals surface area contributed by atoms with Crippen LogP contribution in [0.25, 0.3) is 21.6 Å². The van der Waals surface area contributed by atoms with Gasteiger partial charge in [0.15, 0.2) is 11.5 Å². The molecule has 17 N–H and O–H groups in total. The molecule has 9 amide bonds. The van der Waals surface area contributed by atoms with Crippen LogP contribution in [0.4, 0.5) is 4.79 Å². The van der Waals surface area contributed by atoms with Crippen LogP contribution in [0.15, 0.2) is 84.0 Å². The number of phenols is 3. The van der Waals surface area contributed by atoms with Gasteiger partial charge in [0.05, 0.1) is 29.1 Å². The highest BCUT2D eigenvalue weighted by Crippen LogP contribution is 2.55. The van der Waals surface area contributed by atoms with Gasteiger partial charge in [-0.05, 0) is 177 Å². The molecule has 110 heavy (non-hydrogen) atoms. The predicted octanol–water partition coefficient (Wildman–Crippen LogP) is 4.69. The molecule has 15 rings (SSSR count). The molecule has 1 saturated heterocycles. The van der Waals surface area contributed by atoms with E-state index in [1.54, 1.807) is 34.6 Å². The Bertz CT molecular complexity index is 4530. The Morgan fingerprint density at radius 2 is 1.27 bits per heavy atom. The Hall–Kier alpha value is -10.4. The molecule has 14 atom stereocenters. The molecule has 0 spiro atoms. The number of likely N-dealkylation sites (N-methyl/N-ethyl adjacent to an activating group) is 1. The Morgan fingerprint density at radius 1 is 0.682 bits per heavy atom. The van der Waals surface area contributed by atoms with Crippen LogP contribution >= 0.6 is 23.2 Å². The molecule has 10 aliphatic rings. The molecule has 5 aromatic rings. The minimum Gasteiger partial charge on any atom is -0.508 e. The number of fused-ring (bicyclic) bond motifs is 15. The Kier molecular flexibility index (Phi) is 22.9. The van der Waals surface area contributed by atoms with E-state index in [-0.39, 0.29) is 75.1 Å². The lowest BCUT2D eigenvalue weighted by Gasteiger charge is -2.54. The zero-order valence-electron chi connectivity index (χ0n) is 60.1. The summed E-state index contributed by atoms with van der Waals surface area (Å²) in [6.45, 7) is 7.59. The van der Waals surface area contributed by atoms with Crippen LogP contribution in [-0.4, -0.2) is 179 Å². The van der Waals surface area contributed by atoms with Crippen molar-refractivity contribution < 1.29 is 108 Å². The van der Waals surface area contributed by atoms with Gasteiger partial charge in [-0.3, -0.25) is 43.3 Å². The fraction of sp³-hybridized carbons (Fsp3) is 0.473. The van der Waals surface area contributed by atoms with E-state index in [2.05, 4.69) is 47.2 Å². The lowest BCUT2D eigenvalue weighted by molar-refractivity contribution is -0.270. The van der Waals surface area contributed by atoms with Crippen LogP contribution in [0.2, 0.25) is 10.0 Å². The summed E-state index contributed by atoms with van der Waals surface area (Å²) in [4.78, 5) is 139. The van der Waals surface area contributed by atoms with Crippen LogP contribution in [-0.2, 0) is 47.8 Å². The molecule has 6 aliphatic heterocycles. The number of phenolic OH excluding ortho intramolecular Hbond substituents is 3. The number of benzene rings is 5. The number of nitrogens with two attached hydrogens (primary N) is 1. The van der Waals surface area contributed by atoms with Crippen molar-refractivity contribution in [2.45, 2.75) is 176 Å². The summed E-state index contributed by atoms with van der Waals surface area (Å²) in [5, 5.41) is 115. The maximum absolute atomic E-state index is 16.2. The number of nitrogens with zero attached hydrogens (tertiary/aromatic N) is 4. The fourth-order valence-corrected chi connectivity index (χ4v) is 16.2. The van der Waals surface area contributed by atoms with Gasteiger partial charge in [0.1, 0.15) is 107 Å². The third-order valence-electron chi connectivity index (χ3n) is 20.9. The summed E-state index contributed by atoms with van der Waals surface area (Å²) in [5.74, 6) is -14.0. The molecule has 36 heteroatoms. The number of hydrogen-bond acceptors (Lipinski definition) is 23. The second-order valence-electron chi connectivity index (χ2n) is 30.3. The number of carbonyl (C=O) groups is 9. The van der Waals surface area contributed by atoms with Crippen molar-refractivity contribution in [3.8, 4) is 57.1 Å². The Morgan fingerprint density at radius 3 is 1.86 bits per heavy atom. The number of ether oxygens (including phenoxy) is 5. The molecule has 0 radical (unpaired) electrons. The lowest BCUT2D eigenvalue weighted by Crippen LogP contribution is -2.60. The lowest BCUT2D eigenvalue weighted by atomic mass is 9.54. The molecular weight excluding hydrogens is 1480 g/mol. The predicted molar refractivity (Wildman–Crippen MR) is 386 cm³/mol. The first-order valence-electron chi connectivity index (χ1n) is 35.6. The molecule has 4 saturated carbocycles. The largest absolute Gasteiger partial charge is 0.508 e. The smallest absolute Gasteiger partial charge is 0.410 e. The number of aromatic hydroxyl groups is 3. The van der Waals surface area contributed by atoms with Gasteiger partial charge in [-0.15, -0.1) is 0 Å². The van der Waals surface area contributed by atoms with Crippen LogP contribution < -0.4 is 57.2 Å². The minimum atomic E-state index is -2.36. The number of azide groups is 1. The van der Waals surface area contributed by atoms with E-state index in [1.165, 1.54) is 19.2 Å². The fourth-order valence-electron chi connectivity index (χ4n) is 15.8. The average Bonchev–Trinajstić information content (AvgIpc) is 0.763. The molecule has 15 bridgehead atoms. The van der Waals surface area contributed by atoms with Crippen molar-refractivity contribution in [3.05, 3.63) is 127 Å². The molecule has 6 heterocycles. The van der Waals surface area contributed by atoms with E-state index in [0.29, 0.717) is 11.8 Å². The SMILES string of the molecule is CC(C)C[C@H](C(=O)N[C@H]1C(=O)N[C@@H](CC(N)=O)C(=O)N[C@H]2C(=O)N[C@H]3C(=O)N[C@H](C(=O)N[C@H](C(=O)NC4C5CC6CC(C5)CC4C6)c4cc(O)cc(O)c4-c4cc3ccc4O)[C@H](O)c3ccc(c(Cl)c3)Oc3cc2cc(c3O[C@H]2O[C@@H](CN=[N+]=[N-])[C@H](O)[C@@H](O)[C@@H]2O)Oc2ccc(cc2Cl)[C@H]1O)N(C)C(=O)OC(C)(C)C. The van der Waals surface area contributed by atoms with Crippen molar-refractivity contribution in [1.29, 1.82) is 0 Å². The van der Waals surface area contributed by atoms with Gasteiger partial charge >= 0.3 is 6.09 Å². The maximum atomic E-state index is 16.2. The first kappa shape index (κ1) is 79.1. The summed E-state index contributed by atoms with van der Waals surface area (Å²) < 4.78 is 31.0. The summed E-state index contributed by atoms with van der Waals surface area (Å²) in [7, 11) is 1.27. The number of rotatable bonds is 13. The van der Waals surface area contributed by atoms with Gasteiger partial charge < -0.3 is 107 Å². The second kappa shape index (κ2) is 31.9. The molecule has 4 aliphatic carbocycles. The number of halogens is 2. The molecule has 5 fully saturated rings. The van der Waals surface area contributed by atoms with E-state index in [0.717, 1.165) is 104 Å². The van der Waals surface area contributed by atoms with Crippen molar-refractivity contribution >= 4 is 76.6 Å². The zero-order chi connectivity index (χ0) is 79.4. The second-order valence-corrected chi connectivity index (χ2v) is 31.1. The highest BCUT2D eigenvalue weighted by Gasteiger charge is 2.51.